The summed E-state index contributed by atoms with van der Waals surface area (Å²) in [6.07, 6.45) is 2.25. The Hall–Kier alpha value is -0.450. The smallest absolute Gasteiger partial charge is 0.162 e. The highest BCUT2D eigenvalue weighted by atomic mass is 79.9. The SMILES string of the molecule is CCC1OCCC1C(Cl)c1cc2c(cc1Br)OCCO2. The molecular formula is C15H18BrClO3. The summed E-state index contributed by atoms with van der Waals surface area (Å²) >= 11 is 10.3. The monoisotopic (exact) mass is 360 g/mol. The highest BCUT2D eigenvalue weighted by Crippen LogP contribution is 2.45. The maximum Gasteiger partial charge on any atom is 0.162 e. The summed E-state index contributed by atoms with van der Waals surface area (Å²) in [5.41, 5.74) is 1.06. The van der Waals surface area contributed by atoms with Gasteiger partial charge in [-0.05, 0) is 30.5 Å². The zero-order chi connectivity index (χ0) is 14.1. The molecule has 0 N–H and O–H groups in total. The third-order valence-corrected chi connectivity index (χ3v) is 5.24. The van der Waals surface area contributed by atoms with E-state index in [1.54, 1.807) is 0 Å². The lowest BCUT2D eigenvalue weighted by Crippen LogP contribution is -2.20. The summed E-state index contributed by atoms with van der Waals surface area (Å²) in [5, 5.41) is -0.0762. The Labute approximate surface area is 132 Å². The van der Waals surface area contributed by atoms with Gasteiger partial charge in [-0.25, -0.2) is 0 Å². The van der Waals surface area contributed by atoms with Crippen molar-refractivity contribution >= 4 is 27.5 Å². The van der Waals surface area contributed by atoms with Crippen LogP contribution in [0.15, 0.2) is 16.6 Å². The largest absolute Gasteiger partial charge is 0.486 e. The van der Waals surface area contributed by atoms with Crippen LogP contribution in [0.2, 0.25) is 0 Å². The van der Waals surface area contributed by atoms with Gasteiger partial charge in [-0.2, -0.15) is 0 Å². The molecule has 0 amide bonds. The Balaban J connectivity index is 1.89. The second kappa shape index (κ2) is 6.12. The zero-order valence-corrected chi connectivity index (χ0v) is 13.7. The van der Waals surface area contributed by atoms with Crippen LogP contribution in [0.3, 0.4) is 0 Å². The zero-order valence-electron chi connectivity index (χ0n) is 11.4. The minimum absolute atomic E-state index is 0.0762. The molecule has 3 atom stereocenters. The number of rotatable bonds is 3. The predicted octanol–water partition coefficient (Wildman–Crippen LogP) is 4.32. The molecule has 1 fully saturated rings. The third kappa shape index (κ3) is 2.66. The number of fused-ring (bicyclic) bond motifs is 1. The van der Waals surface area contributed by atoms with Crippen molar-refractivity contribution in [1.29, 1.82) is 0 Å². The molecule has 0 aliphatic carbocycles. The van der Waals surface area contributed by atoms with E-state index >= 15 is 0 Å². The third-order valence-electron chi connectivity index (χ3n) is 4.00. The molecule has 3 unspecified atom stereocenters. The topological polar surface area (TPSA) is 27.7 Å². The van der Waals surface area contributed by atoms with Gasteiger partial charge in [-0.3, -0.25) is 0 Å². The van der Waals surface area contributed by atoms with Crippen LogP contribution in [0.4, 0.5) is 0 Å². The molecule has 0 bridgehead atoms. The van der Waals surface area contributed by atoms with Crippen LogP contribution in [0, 0.1) is 5.92 Å². The fourth-order valence-corrected chi connectivity index (χ4v) is 4.11. The predicted molar refractivity (Wildman–Crippen MR) is 81.9 cm³/mol. The van der Waals surface area contributed by atoms with Gasteiger partial charge in [0.2, 0.25) is 0 Å². The van der Waals surface area contributed by atoms with Crippen molar-refractivity contribution < 1.29 is 14.2 Å². The van der Waals surface area contributed by atoms with Crippen molar-refractivity contribution in [3.8, 4) is 11.5 Å². The van der Waals surface area contributed by atoms with E-state index in [0.717, 1.165) is 41.0 Å². The van der Waals surface area contributed by atoms with Gasteiger partial charge in [0, 0.05) is 17.0 Å². The first-order valence-electron chi connectivity index (χ1n) is 7.05. The Morgan fingerprint density at radius 1 is 1.25 bits per heavy atom. The van der Waals surface area contributed by atoms with E-state index in [1.165, 1.54) is 0 Å². The van der Waals surface area contributed by atoms with Gasteiger partial charge in [0.1, 0.15) is 13.2 Å². The van der Waals surface area contributed by atoms with Crippen molar-refractivity contribution in [3.63, 3.8) is 0 Å². The van der Waals surface area contributed by atoms with Crippen molar-refractivity contribution in [3.05, 3.63) is 22.2 Å². The standard InChI is InChI=1S/C15H18BrClO3/c1-2-12-9(3-4-18-12)15(17)10-7-13-14(8-11(10)16)20-6-5-19-13/h7-9,12,15H,2-6H2,1H3. The van der Waals surface area contributed by atoms with E-state index in [-0.39, 0.29) is 11.5 Å². The van der Waals surface area contributed by atoms with Gasteiger partial charge in [0.25, 0.3) is 0 Å². The molecule has 3 nitrogen and oxygen atoms in total. The van der Waals surface area contributed by atoms with Gasteiger partial charge >= 0.3 is 0 Å². The van der Waals surface area contributed by atoms with Gasteiger partial charge in [0.15, 0.2) is 11.5 Å². The quantitative estimate of drug-likeness (QED) is 0.751. The van der Waals surface area contributed by atoms with Crippen LogP contribution in [0.1, 0.15) is 30.7 Å². The molecule has 1 aromatic carbocycles. The number of hydrogen-bond acceptors (Lipinski definition) is 3. The lowest BCUT2D eigenvalue weighted by Gasteiger charge is -2.25. The molecular weight excluding hydrogens is 344 g/mol. The minimum atomic E-state index is -0.0762. The first kappa shape index (κ1) is 14.5. The molecule has 3 rings (SSSR count). The van der Waals surface area contributed by atoms with Crippen LogP contribution in [0.25, 0.3) is 0 Å². The molecule has 110 valence electrons. The summed E-state index contributed by atoms with van der Waals surface area (Å²) in [4.78, 5) is 0. The number of benzene rings is 1. The average Bonchev–Trinajstić information content (AvgIpc) is 2.94. The number of hydrogen-bond donors (Lipinski definition) is 0. The second-order valence-electron chi connectivity index (χ2n) is 5.19. The van der Waals surface area contributed by atoms with Crippen LogP contribution in [-0.2, 0) is 4.74 Å². The molecule has 1 aromatic rings. The van der Waals surface area contributed by atoms with Crippen molar-refractivity contribution in [2.24, 2.45) is 5.92 Å². The summed E-state index contributed by atoms with van der Waals surface area (Å²) in [7, 11) is 0. The molecule has 0 aromatic heterocycles. The molecule has 2 aliphatic heterocycles. The van der Waals surface area contributed by atoms with Crippen LogP contribution < -0.4 is 9.47 Å². The molecule has 20 heavy (non-hydrogen) atoms. The fourth-order valence-electron chi connectivity index (χ4n) is 2.94. The van der Waals surface area contributed by atoms with E-state index in [0.29, 0.717) is 19.1 Å². The first-order chi connectivity index (χ1) is 9.70. The number of ether oxygens (including phenoxy) is 3. The Kier molecular flexibility index (Phi) is 4.43. The maximum absolute atomic E-state index is 6.73. The van der Waals surface area contributed by atoms with Crippen LogP contribution >= 0.6 is 27.5 Å². The van der Waals surface area contributed by atoms with Crippen molar-refractivity contribution in [1.82, 2.24) is 0 Å². The maximum atomic E-state index is 6.73. The number of alkyl halides is 1. The normalized spacial score (nSPS) is 26.6. The van der Waals surface area contributed by atoms with E-state index in [1.807, 2.05) is 12.1 Å². The Morgan fingerprint density at radius 2 is 1.95 bits per heavy atom. The molecule has 1 saturated heterocycles. The molecule has 0 radical (unpaired) electrons. The van der Waals surface area contributed by atoms with Gasteiger partial charge in [-0.15, -0.1) is 11.6 Å². The highest BCUT2D eigenvalue weighted by molar-refractivity contribution is 9.10. The highest BCUT2D eigenvalue weighted by Gasteiger charge is 2.35. The Morgan fingerprint density at radius 3 is 2.65 bits per heavy atom. The fraction of sp³-hybridized carbons (Fsp3) is 0.600. The van der Waals surface area contributed by atoms with Crippen molar-refractivity contribution in [2.45, 2.75) is 31.2 Å². The van der Waals surface area contributed by atoms with E-state index < -0.39 is 0 Å². The van der Waals surface area contributed by atoms with Gasteiger partial charge < -0.3 is 14.2 Å². The molecule has 2 aliphatic rings. The van der Waals surface area contributed by atoms with E-state index in [9.17, 15) is 0 Å². The van der Waals surface area contributed by atoms with Crippen molar-refractivity contribution in [2.75, 3.05) is 19.8 Å². The average molecular weight is 362 g/mol. The molecule has 5 heteroatoms. The summed E-state index contributed by atoms with van der Waals surface area (Å²) in [6.45, 7) is 4.13. The van der Waals surface area contributed by atoms with E-state index in [2.05, 4.69) is 22.9 Å². The molecule has 0 saturated carbocycles. The van der Waals surface area contributed by atoms with E-state index in [4.69, 9.17) is 25.8 Å². The summed E-state index contributed by atoms with van der Waals surface area (Å²) in [6, 6.07) is 3.96. The first-order valence-corrected chi connectivity index (χ1v) is 8.28. The summed E-state index contributed by atoms with van der Waals surface area (Å²) < 4.78 is 18.0. The molecule has 2 heterocycles. The molecule has 0 spiro atoms. The Bertz CT molecular complexity index is 494. The lowest BCUT2D eigenvalue weighted by atomic mass is 9.91. The minimum Gasteiger partial charge on any atom is -0.486 e. The second-order valence-corrected chi connectivity index (χ2v) is 6.51. The van der Waals surface area contributed by atoms with Crippen LogP contribution in [-0.4, -0.2) is 25.9 Å². The lowest BCUT2D eigenvalue weighted by molar-refractivity contribution is 0.0863. The summed E-state index contributed by atoms with van der Waals surface area (Å²) in [5.74, 6) is 1.91. The van der Waals surface area contributed by atoms with Gasteiger partial charge in [0.05, 0.1) is 11.5 Å². The van der Waals surface area contributed by atoms with Crippen LogP contribution in [0.5, 0.6) is 11.5 Å². The number of halogens is 2. The van der Waals surface area contributed by atoms with Gasteiger partial charge in [-0.1, -0.05) is 22.9 Å².